The highest BCUT2D eigenvalue weighted by atomic mass is 35.5. The van der Waals surface area contributed by atoms with Crippen LogP contribution in [0.5, 0.6) is 0 Å². The van der Waals surface area contributed by atoms with Crippen LogP contribution in [0.1, 0.15) is 35.7 Å². The molecule has 126 valence electrons. The highest BCUT2D eigenvalue weighted by molar-refractivity contribution is 6.44. The number of esters is 1. The first-order valence-electron chi connectivity index (χ1n) is 7.46. The number of hydrogen-bond acceptors (Lipinski definition) is 3. The van der Waals surface area contributed by atoms with Crippen molar-refractivity contribution < 1.29 is 14.3 Å². The first-order valence-corrected chi connectivity index (χ1v) is 8.21. The Balaban J connectivity index is 2.11. The average molecular weight is 366 g/mol. The van der Waals surface area contributed by atoms with E-state index in [1.54, 1.807) is 56.3 Å². The van der Waals surface area contributed by atoms with Crippen LogP contribution in [-0.2, 0) is 9.53 Å². The summed E-state index contributed by atoms with van der Waals surface area (Å²) in [5, 5.41) is 3.37. The number of ether oxygens (including phenoxy) is 1. The summed E-state index contributed by atoms with van der Waals surface area (Å²) in [6.45, 7) is 3.86. The largest absolute Gasteiger partial charge is 0.466 e. The SMILES string of the molecule is CCOC(=O)C(C)c1ccc(C(=O)Nc2cccc(Cl)c2Cl)cc1. The van der Waals surface area contributed by atoms with E-state index in [1.165, 1.54) is 0 Å². The van der Waals surface area contributed by atoms with E-state index in [1.807, 2.05) is 0 Å². The monoisotopic (exact) mass is 365 g/mol. The first-order chi connectivity index (χ1) is 11.4. The molecule has 2 aromatic carbocycles. The standard InChI is InChI=1S/C18H17Cl2NO3/c1-3-24-18(23)11(2)12-7-9-13(10-8-12)17(22)21-15-6-4-5-14(19)16(15)20/h4-11H,3H2,1-2H3,(H,21,22). The Morgan fingerprint density at radius 1 is 1.12 bits per heavy atom. The van der Waals surface area contributed by atoms with E-state index in [9.17, 15) is 9.59 Å². The number of hydrogen-bond donors (Lipinski definition) is 1. The Hall–Kier alpha value is -2.04. The molecule has 0 saturated carbocycles. The molecule has 0 aliphatic carbocycles. The van der Waals surface area contributed by atoms with Crippen molar-refractivity contribution in [3.63, 3.8) is 0 Å². The number of carbonyl (C=O) groups excluding carboxylic acids is 2. The summed E-state index contributed by atoms with van der Waals surface area (Å²) in [5.41, 5.74) is 1.68. The molecule has 2 aromatic rings. The van der Waals surface area contributed by atoms with Gasteiger partial charge in [0.2, 0.25) is 0 Å². The van der Waals surface area contributed by atoms with E-state index in [0.717, 1.165) is 5.56 Å². The third kappa shape index (κ3) is 4.28. The van der Waals surface area contributed by atoms with Crippen molar-refractivity contribution in [1.29, 1.82) is 0 Å². The van der Waals surface area contributed by atoms with Gasteiger partial charge in [0.1, 0.15) is 0 Å². The zero-order valence-electron chi connectivity index (χ0n) is 13.3. The molecule has 6 heteroatoms. The summed E-state index contributed by atoms with van der Waals surface area (Å²) in [6.07, 6.45) is 0. The van der Waals surface area contributed by atoms with Crippen LogP contribution in [0, 0.1) is 0 Å². The van der Waals surface area contributed by atoms with Gasteiger partial charge in [0.15, 0.2) is 0 Å². The third-order valence-corrected chi connectivity index (χ3v) is 4.33. The quantitative estimate of drug-likeness (QED) is 0.765. The molecule has 0 bridgehead atoms. The fourth-order valence-corrected chi connectivity index (χ4v) is 2.47. The molecule has 0 fully saturated rings. The van der Waals surface area contributed by atoms with Crippen LogP contribution < -0.4 is 5.32 Å². The van der Waals surface area contributed by atoms with Crippen LogP contribution in [0.25, 0.3) is 0 Å². The van der Waals surface area contributed by atoms with Gasteiger partial charge in [0, 0.05) is 5.56 Å². The molecule has 0 aliphatic heterocycles. The second-order valence-electron chi connectivity index (χ2n) is 5.15. The molecule has 1 amide bonds. The minimum absolute atomic E-state index is 0.291. The van der Waals surface area contributed by atoms with Gasteiger partial charge >= 0.3 is 5.97 Å². The molecular weight excluding hydrogens is 349 g/mol. The maximum Gasteiger partial charge on any atom is 0.313 e. The zero-order valence-corrected chi connectivity index (χ0v) is 14.8. The maximum atomic E-state index is 12.3. The van der Waals surface area contributed by atoms with E-state index in [-0.39, 0.29) is 17.8 Å². The molecular formula is C18H17Cl2NO3. The summed E-state index contributed by atoms with van der Waals surface area (Å²) in [7, 11) is 0. The molecule has 1 atom stereocenters. The highest BCUT2D eigenvalue weighted by Crippen LogP contribution is 2.30. The van der Waals surface area contributed by atoms with Gasteiger partial charge in [-0.25, -0.2) is 0 Å². The van der Waals surface area contributed by atoms with E-state index in [0.29, 0.717) is 27.9 Å². The van der Waals surface area contributed by atoms with E-state index < -0.39 is 0 Å². The molecule has 24 heavy (non-hydrogen) atoms. The summed E-state index contributed by atoms with van der Waals surface area (Å²) in [6, 6.07) is 11.8. The van der Waals surface area contributed by atoms with Gasteiger partial charge in [0.05, 0.1) is 28.3 Å². The first kappa shape index (κ1) is 18.3. The lowest BCUT2D eigenvalue weighted by atomic mass is 10.00. The number of amides is 1. The number of rotatable bonds is 5. The molecule has 1 unspecified atom stereocenters. The molecule has 0 heterocycles. The lowest BCUT2D eigenvalue weighted by Gasteiger charge is -2.12. The van der Waals surface area contributed by atoms with E-state index in [2.05, 4.69) is 5.32 Å². The van der Waals surface area contributed by atoms with Gasteiger partial charge < -0.3 is 10.1 Å². The molecule has 2 rings (SSSR count). The molecule has 0 saturated heterocycles. The predicted molar refractivity (Wildman–Crippen MR) is 95.9 cm³/mol. The number of benzene rings is 2. The molecule has 1 N–H and O–H groups in total. The van der Waals surface area contributed by atoms with Crippen LogP contribution in [0.2, 0.25) is 10.0 Å². The smallest absolute Gasteiger partial charge is 0.313 e. The fraction of sp³-hybridized carbons (Fsp3) is 0.222. The number of anilines is 1. The lowest BCUT2D eigenvalue weighted by Crippen LogP contribution is -2.14. The topological polar surface area (TPSA) is 55.4 Å². The van der Waals surface area contributed by atoms with Crippen molar-refractivity contribution >= 4 is 40.8 Å². The van der Waals surface area contributed by atoms with Crippen LogP contribution >= 0.6 is 23.2 Å². The van der Waals surface area contributed by atoms with Crippen molar-refractivity contribution in [3.8, 4) is 0 Å². The number of nitrogens with one attached hydrogen (secondary N) is 1. The number of halogens is 2. The normalized spacial score (nSPS) is 11.7. The van der Waals surface area contributed by atoms with Crippen LogP contribution in [-0.4, -0.2) is 18.5 Å². The summed E-state index contributed by atoms with van der Waals surface area (Å²) >= 11 is 12.0. The van der Waals surface area contributed by atoms with Crippen molar-refractivity contribution in [2.75, 3.05) is 11.9 Å². The van der Waals surface area contributed by atoms with Crippen LogP contribution in [0.15, 0.2) is 42.5 Å². The maximum absolute atomic E-state index is 12.3. The summed E-state index contributed by atoms with van der Waals surface area (Å²) in [4.78, 5) is 24.0. The Labute approximate surface area is 150 Å². The molecule has 0 spiro atoms. The van der Waals surface area contributed by atoms with Gasteiger partial charge in [-0.3, -0.25) is 9.59 Å². The van der Waals surface area contributed by atoms with Gasteiger partial charge in [0.25, 0.3) is 5.91 Å². The second kappa shape index (κ2) is 8.18. The second-order valence-corrected chi connectivity index (χ2v) is 5.94. The van der Waals surface area contributed by atoms with Gasteiger partial charge in [-0.05, 0) is 43.7 Å². The van der Waals surface area contributed by atoms with Crippen molar-refractivity contribution in [2.24, 2.45) is 0 Å². The lowest BCUT2D eigenvalue weighted by molar-refractivity contribution is -0.144. The Morgan fingerprint density at radius 2 is 1.79 bits per heavy atom. The summed E-state index contributed by atoms with van der Waals surface area (Å²) < 4.78 is 4.99. The van der Waals surface area contributed by atoms with Gasteiger partial charge in [-0.2, -0.15) is 0 Å². The molecule has 4 nitrogen and oxygen atoms in total. The Bertz CT molecular complexity index is 744. The van der Waals surface area contributed by atoms with Crippen LogP contribution in [0.4, 0.5) is 5.69 Å². The Morgan fingerprint density at radius 3 is 2.42 bits per heavy atom. The predicted octanol–water partition coefficient (Wildman–Crippen LogP) is 4.91. The van der Waals surface area contributed by atoms with Crippen LogP contribution in [0.3, 0.4) is 0 Å². The molecule has 0 radical (unpaired) electrons. The fourth-order valence-electron chi connectivity index (χ4n) is 2.12. The van der Waals surface area contributed by atoms with E-state index in [4.69, 9.17) is 27.9 Å². The third-order valence-electron chi connectivity index (χ3n) is 3.51. The summed E-state index contributed by atoms with van der Waals surface area (Å²) in [5.74, 6) is -0.987. The molecule has 0 aliphatic rings. The van der Waals surface area contributed by atoms with Gasteiger partial charge in [-0.1, -0.05) is 41.4 Å². The van der Waals surface area contributed by atoms with Gasteiger partial charge in [-0.15, -0.1) is 0 Å². The van der Waals surface area contributed by atoms with Crippen molar-refractivity contribution in [1.82, 2.24) is 0 Å². The van der Waals surface area contributed by atoms with E-state index >= 15 is 0 Å². The highest BCUT2D eigenvalue weighted by Gasteiger charge is 2.17. The number of carbonyl (C=O) groups is 2. The van der Waals surface area contributed by atoms with Crippen molar-refractivity contribution in [3.05, 3.63) is 63.6 Å². The minimum Gasteiger partial charge on any atom is -0.466 e. The average Bonchev–Trinajstić information content (AvgIpc) is 2.58. The zero-order chi connectivity index (χ0) is 17.7. The minimum atomic E-state index is -0.385. The molecule has 0 aromatic heterocycles. The Kier molecular flexibility index (Phi) is 6.23. The van der Waals surface area contributed by atoms with Crippen molar-refractivity contribution in [2.45, 2.75) is 19.8 Å².